The van der Waals surface area contributed by atoms with E-state index in [1.165, 1.54) is 0 Å². The topological polar surface area (TPSA) is 46.9 Å². The van der Waals surface area contributed by atoms with E-state index in [1.807, 2.05) is 47.2 Å². The summed E-state index contributed by atoms with van der Waals surface area (Å²) in [4.78, 5) is 16.4. The molecule has 0 aliphatic carbocycles. The van der Waals surface area contributed by atoms with Crippen LogP contribution in [0.1, 0.15) is 33.5 Å². The molecular formula is C22H23N3O. The Bertz CT molecular complexity index is 868. The molecule has 4 nitrogen and oxygen atoms in total. The fraction of sp³-hybridized carbons (Fsp3) is 0.182. The molecule has 1 amide bonds. The maximum absolute atomic E-state index is 12.4. The van der Waals surface area contributed by atoms with Crippen molar-refractivity contribution in [3.8, 4) is 0 Å². The highest BCUT2D eigenvalue weighted by Crippen LogP contribution is 2.15. The van der Waals surface area contributed by atoms with Crippen LogP contribution in [0.15, 0.2) is 67.3 Å². The van der Waals surface area contributed by atoms with E-state index in [2.05, 4.69) is 41.5 Å². The second-order valence-corrected chi connectivity index (χ2v) is 6.23. The summed E-state index contributed by atoms with van der Waals surface area (Å²) in [7, 11) is 0. The van der Waals surface area contributed by atoms with Gasteiger partial charge in [0, 0.05) is 31.0 Å². The number of amides is 1. The Morgan fingerprint density at radius 3 is 2.77 bits per heavy atom. The van der Waals surface area contributed by atoms with Crippen molar-refractivity contribution in [1.29, 1.82) is 0 Å². The van der Waals surface area contributed by atoms with Gasteiger partial charge in [0.15, 0.2) is 0 Å². The third-order valence-corrected chi connectivity index (χ3v) is 4.23. The Labute approximate surface area is 154 Å². The van der Waals surface area contributed by atoms with Gasteiger partial charge in [-0.3, -0.25) is 4.79 Å². The van der Waals surface area contributed by atoms with E-state index >= 15 is 0 Å². The van der Waals surface area contributed by atoms with Crippen LogP contribution in [0.25, 0.3) is 12.2 Å². The number of nitrogens with zero attached hydrogens (tertiary/aromatic N) is 2. The normalized spacial score (nSPS) is 11.0. The first-order valence-electron chi connectivity index (χ1n) is 8.80. The minimum Gasteiger partial charge on any atom is -0.352 e. The van der Waals surface area contributed by atoms with Gasteiger partial charge in [0.05, 0.1) is 6.33 Å². The first-order valence-corrected chi connectivity index (χ1v) is 8.80. The lowest BCUT2D eigenvalue weighted by Gasteiger charge is -2.08. The van der Waals surface area contributed by atoms with E-state index in [9.17, 15) is 4.79 Å². The Kier molecular flexibility index (Phi) is 5.99. The highest BCUT2D eigenvalue weighted by molar-refractivity contribution is 5.95. The first-order chi connectivity index (χ1) is 12.7. The van der Waals surface area contributed by atoms with Crippen molar-refractivity contribution < 1.29 is 4.79 Å². The highest BCUT2D eigenvalue weighted by Gasteiger charge is 2.06. The molecule has 132 valence electrons. The Hall–Kier alpha value is -3.14. The number of carbonyl (C=O) groups is 1. The van der Waals surface area contributed by atoms with Gasteiger partial charge in [0.1, 0.15) is 0 Å². The molecule has 0 spiro atoms. The lowest BCUT2D eigenvalue weighted by atomic mass is 10.0. The van der Waals surface area contributed by atoms with E-state index < -0.39 is 0 Å². The Balaban J connectivity index is 1.59. The average molecular weight is 345 g/mol. The number of hydrogen-bond acceptors (Lipinski definition) is 2. The number of imidazole rings is 1. The van der Waals surface area contributed by atoms with E-state index in [0.717, 1.165) is 29.7 Å². The second kappa shape index (κ2) is 8.81. The van der Waals surface area contributed by atoms with Crippen molar-refractivity contribution in [1.82, 2.24) is 14.9 Å². The third kappa shape index (κ3) is 4.93. The molecule has 1 N–H and O–H groups in total. The van der Waals surface area contributed by atoms with Crippen molar-refractivity contribution in [2.45, 2.75) is 19.9 Å². The molecule has 0 atom stereocenters. The molecule has 0 fully saturated rings. The summed E-state index contributed by atoms with van der Waals surface area (Å²) in [6, 6.07) is 16.0. The predicted molar refractivity (Wildman–Crippen MR) is 106 cm³/mol. The zero-order valence-electron chi connectivity index (χ0n) is 14.9. The summed E-state index contributed by atoms with van der Waals surface area (Å²) in [6.07, 6.45) is 10.5. The number of aromatic nitrogens is 2. The second-order valence-electron chi connectivity index (χ2n) is 6.23. The van der Waals surface area contributed by atoms with Crippen LogP contribution in [0.3, 0.4) is 0 Å². The number of rotatable bonds is 7. The molecule has 3 aromatic rings. The molecule has 0 saturated carbocycles. The molecule has 1 aromatic heterocycles. The monoisotopic (exact) mass is 345 g/mol. The van der Waals surface area contributed by atoms with Crippen molar-refractivity contribution in [3.63, 3.8) is 0 Å². The van der Waals surface area contributed by atoms with E-state index in [1.54, 1.807) is 12.5 Å². The fourth-order valence-corrected chi connectivity index (χ4v) is 2.70. The summed E-state index contributed by atoms with van der Waals surface area (Å²) in [5.74, 6) is -0.0370. The maximum atomic E-state index is 12.4. The average Bonchev–Trinajstić information content (AvgIpc) is 3.19. The molecule has 0 radical (unpaired) electrons. The lowest BCUT2D eigenvalue weighted by molar-refractivity contribution is 0.0952. The Morgan fingerprint density at radius 1 is 1.15 bits per heavy atom. The van der Waals surface area contributed by atoms with Crippen molar-refractivity contribution in [2.24, 2.45) is 0 Å². The predicted octanol–water partition coefficient (Wildman–Crippen LogP) is 4.18. The molecule has 0 aliphatic rings. The molecule has 0 saturated heterocycles. The van der Waals surface area contributed by atoms with Gasteiger partial charge in [-0.15, -0.1) is 0 Å². The smallest absolute Gasteiger partial charge is 0.251 e. The van der Waals surface area contributed by atoms with E-state index in [4.69, 9.17) is 0 Å². The molecule has 4 heteroatoms. The summed E-state index contributed by atoms with van der Waals surface area (Å²) < 4.78 is 2.00. The summed E-state index contributed by atoms with van der Waals surface area (Å²) >= 11 is 0. The summed E-state index contributed by atoms with van der Waals surface area (Å²) in [5, 5.41) is 2.99. The van der Waals surface area contributed by atoms with Crippen LogP contribution in [0.2, 0.25) is 0 Å². The molecule has 0 unspecified atom stereocenters. The van der Waals surface area contributed by atoms with Crippen LogP contribution in [0.4, 0.5) is 0 Å². The molecular weight excluding hydrogens is 322 g/mol. The lowest BCUT2D eigenvalue weighted by Crippen LogP contribution is -2.25. The van der Waals surface area contributed by atoms with Crippen molar-refractivity contribution in [2.75, 3.05) is 6.54 Å². The summed E-state index contributed by atoms with van der Waals surface area (Å²) in [6.45, 7) is 3.54. The maximum Gasteiger partial charge on any atom is 0.251 e. The van der Waals surface area contributed by atoms with Gasteiger partial charge in [0.2, 0.25) is 0 Å². The number of aryl methyl sites for hydroxylation is 2. The molecule has 3 rings (SSSR count). The van der Waals surface area contributed by atoms with Gasteiger partial charge in [-0.05, 0) is 42.2 Å². The SMILES string of the molecule is Cc1ccc(C(=O)NCCCn2ccnc2)cc1C=Cc1ccccc1. The van der Waals surface area contributed by atoms with Gasteiger partial charge >= 0.3 is 0 Å². The molecule has 1 heterocycles. The fourth-order valence-electron chi connectivity index (χ4n) is 2.70. The largest absolute Gasteiger partial charge is 0.352 e. The summed E-state index contributed by atoms with van der Waals surface area (Å²) in [5.41, 5.74) is 4.03. The van der Waals surface area contributed by atoms with Gasteiger partial charge in [0.25, 0.3) is 5.91 Å². The first kappa shape index (κ1) is 17.7. The van der Waals surface area contributed by atoms with Crippen LogP contribution in [-0.4, -0.2) is 22.0 Å². The number of carbonyl (C=O) groups excluding carboxylic acids is 1. The van der Waals surface area contributed by atoms with E-state index in [0.29, 0.717) is 12.1 Å². The van der Waals surface area contributed by atoms with Crippen molar-refractivity contribution >= 4 is 18.1 Å². The highest BCUT2D eigenvalue weighted by atomic mass is 16.1. The quantitative estimate of drug-likeness (QED) is 0.516. The molecule has 0 aliphatic heterocycles. The van der Waals surface area contributed by atoms with Gasteiger partial charge < -0.3 is 9.88 Å². The number of benzene rings is 2. The van der Waals surface area contributed by atoms with Crippen LogP contribution in [0.5, 0.6) is 0 Å². The van der Waals surface area contributed by atoms with Gasteiger partial charge in [-0.2, -0.15) is 0 Å². The van der Waals surface area contributed by atoms with Crippen LogP contribution in [0, 0.1) is 6.92 Å². The molecule has 26 heavy (non-hydrogen) atoms. The van der Waals surface area contributed by atoms with Crippen molar-refractivity contribution in [3.05, 3.63) is 89.5 Å². The minimum atomic E-state index is -0.0370. The molecule has 2 aromatic carbocycles. The number of hydrogen-bond donors (Lipinski definition) is 1. The number of nitrogens with one attached hydrogen (secondary N) is 1. The van der Waals surface area contributed by atoms with E-state index in [-0.39, 0.29) is 5.91 Å². The van der Waals surface area contributed by atoms with Crippen LogP contribution >= 0.6 is 0 Å². The zero-order chi connectivity index (χ0) is 18.2. The van der Waals surface area contributed by atoms with Crippen LogP contribution in [-0.2, 0) is 6.54 Å². The van der Waals surface area contributed by atoms with Gasteiger partial charge in [-0.25, -0.2) is 4.98 Å². The Morgan fingerprint density at radius 2 is 2.00 bits per heavy atom. The van der Waals surface area contributed by atoms with Crippen LogP contribution < -0.4 is 5.32 Å². The minimum absolute atomic E-state index is 0.0370. The third-order valence-electron chi connectivity index (χ3n) is 4.23. The standard InChI is InChI=1S/C22H23N3O/c1-18-8-10-21(16-20(18)11-9-19-6-3-2-4-7-19)22(26)24-12-5-14-25-15-13-23-17-25/h2-4,6-11,13,15-17H,5,12,14H2,1H3,(H,24,26). The molecule has 0 bridgehead atoms. The van der Waals surface area contributed by atoms with Gasteiger partial charge in [-0.1, -0.05) is 48.6 Å². The zero-order valence-corrected chi connectivity index (χ0v) is 14.9.